The van der Waals surface area contributed by atoms with Gasteiger partial charge in [0.1, 0.15) is 0 Å². The lowest BCUT2D eigenvalue weighted by molar-refractivity contribution is -0.137. The molecule has 0 radical (unpaired) electrons. The van der Waals surface area contributed by atoms with Crippen LogP contribution in [0.25, 0.3) is 0 Å². The van der Waals surface area contributed by atoms with Crippen LogP contribution in [0.2, 0.25) is 0 Å². The van der Waals surface area contributed by atoms with Gasteiger partial charge in [-0.05, 0) is 18.8 Å². The zero-order valence-electron chi connectivity index (χ0n) is 13.9. The Morgan fingerprint density at radius 2 is 1.78 bits per heavy atom. The Bertz CT molecular complexity index is 426. The highest BCUT2D eigenvalue weighted by atomic mass is 32.2. The molecule has 0 saturated carbocycles. The number of amides is 2. The van der Waals surface area contributed by atoms with Crippen molar-refractivity contribution in [2.45, 2.75) is 40.0 Å². The molecule has 0 aromatic carbocycles. The van der Waals surface area contributed by atoms with E-state index in [9.17, 15) is 19.2 Å². The molecule has 0 aliphatic heterocycles. The number of rotatable bonds is 11. The van der Waals surface area contributed by atoms with Crippen LogP contribution in [0.4, 0.5) is 0 Å². The van der Waals surface area contributed by atoms with E-state index >= 15 is 0 Å². The minimum Gasteiger partial charge on any atom is -0.481 e. The molecule has 132 valence electrons. The largest absolute Gasteiger partial charge is 0.481 e. The fourth-order valence-electron chi connectivity index (χ4n) is 1.88. The van der Waals surface area contributed by atoms with Crippen molar-refractivity contribution in [3.8, 4) is 0 Å². The molecule has 0 bridgehead atoms. The van der Waals surface area contributed by atoms with Crippen LogP contribution in [0.1, 0.15) is 40.0 Å². The van der Waals surface area contributed by atoms with Gasteiger partial charge in [-0.3, -0.25) is 19.2 Å². The van der Waals surface area contributed by atoms with Crippen molar-refractivity contribution in [2.75, 3.05) is 18.8 Å². The number of aliphatic carboxylic acids is 1. The van der Waals surface area contributed by atoms with Crippen molar-refractivity contribution in [1.29, 1.82) is 0 Å². The Hall–Kier alpha value is -1.57. The zero-order valence-corrected chi connectivity index (χ0v) is 14.7. The molecule has 23 heavy (non-hydrogen) atoms. The van der Waals surface area contributed by atoms with Crippen LogP contribution in [-0.4, -0.2) is 46.8 Å². The molecule has 1 unspecified atom stereocenters. The third-order valence-electron chi connectivity index (χ3n) is 2.93. The Kier molecular flexibility index (Phi) is 11.1. The van der Waals surface area contributed by atoms with Gasteiger partial charge in [-0.1, -0.05) is 25.6 Å². The monoisotopic (exact) mass is 346 g/mol. The van der Waals surface area contributed by atoms with Gasteiger partial charge in [0.15, 0.2) is 5.12 Å². The molecular formula is C15H26N2O5S. The van der Waals surface area contributed by atoms with Gasteiger partial charge in [-0.25, -0.2) is 0 Å². The summed E-state index contributed by atoms with van der Waals surface area (Å²) in [5.41, 5.74) is 0. The molecule has 3 N–H and O–H groups in total. The van der Waals surface area contributed by atoms with E-state index in [0.29, 0.717) is 24.5 Å². The van der Waals surface area contributed by atoms with E-state index in [1.807, 2.05) is 13.8 Å². The highest BCUT2D eigenvalue weighted by Crippen LogP contribution is 2.18. The topological polar surface area (TPSA) is 113 Å². The Morgan fingerprint density at radius 3 is 2.30 bits per heavy atom. The van der Waals surface area contributed by atoms with E-state index in [2.05, 4.69) is 10.6 Å². The first-order valence-corrected chi connectivity index (χ1v) is 8.60. The van der Waals surface area contributed by atoms with E-state index in [-0.39, 0.29) is 42.4 Å². The number of carboxylic acids is 1. The summed E-state index contributed by atoms with van der Waals surface area (Å²) in [6.07, 6.45) is 0.984. The van der Waals surface area contributed by atoms with Gasteiger partial charge in [0.2, 0.25) is 11.8 Å². The summed E-state index contributed by atoms with van der Waals surface area (Å²) in [5, 5.41) is 13.6. The van der Waals surface area contributed by atoms with Crippen LogP contribution in [-0.2, 0) is 19.2 Å². The maximum atomic E-state index is 12.1. The molecule has 0 heterocycles. The average Bonchev–Trinajstić information content (AvgIpc) is 2.44. The molecule has 2 amide bonds. The van der Waals surface area contributed by atoms with Gasteiger partial charge < -0.3 is 15.7 Å². The summed E-state index contributed by atoms with van der Waals surface area (Å²) >= 11 is 1.11. The van der Waals surface area contributed by atoms with E-state index < -0.39 is 5.97 Å². The molecule has 0 spiro atoms. The minimum absolute atomic E-state index is 0.00856. The standard InChI is InChI=1S/C15H26N2O5S/c1-10(2)7-12(9-23-11(3)18)15(22)17-8-13(19)16-6-4-5-14(20)21/h10,12H,4-9H2,1-3H3,(H,16,19)(H,17,22)(H,20,21). The number of hydrogen-bond donors (Lipinski definition) is 3. The van der Waals surface area contributed by atoms with Crippen molar-refractivity contribution >= 4 is 34.7 Å². The lowest BCUT2D eigenvalue weighted by Crippen LogP contribution is -2.40. The van der Waals surface area contributed by atoms with Crippen molar-refractivity contribution < 1.29 is 24.3 Å². The molecule has 0 aromatic rings. The third kappa shape index (κ3) is 12.6. The summed E-state index contributed by atoms with van der Waals surface area (Å²) in [6, 6.07) is 0. The Labute approximate surface area is 141 Å². The molecular weight excluding hydrogens is 320 g/mol. The van der Waals surface area contributed by atoms with Gasteiger partial charge in [0.25, 0.3) is 0 Å². The molecule has 0 aliphatic carbocycles. The third-order valence-corrected chi connectivity index (χ3v) is 3.90. The van der Waals surface area contributed by atoms with Gasteiger partial charge in [0.05, 0.1) is 6.54 Å². The number of carbonyl (C=O) groups is 4. The Morgan fingerprint density at radius 1 is 1.13 bits per heavy atom. The normalized spacial score (nSPS) is 11.8. The first-order valence-electron chi connectivity index (χ1n) is 7.62. The van der Waals surface area contributed by atoms with E-state index in [1.165, 1.54) is 6.92 Å². The van der Waals surface area contributed by atoms with E-state index in [4.69, 9.17) is 5.11 Å². The molecule has 1 atom stereocenters. The van der Waals surface area contributed by atoms with Crippen LogP contribution >= 0.6 is 11.8 Å². The van der Waals surface area contributed by atoms with Crippen molar-refractivity contribution in [3.63, 3.8) is 0 Å². The second kappa shape index (κ2) is 11.9. The lowest BCUT2D eigenvalue weighted by atomic mass is 9.98. The van der Waals surface area contributed by atoms with Crippen LogP contribution in [0.3, 0.4) is 0 Å². The van der Waals surface area contributed by atoms with Gasteiger partial charge in [-0.15, -0.1) is 0 Å². The molecule has 0 fully saturated rings. The first kappa shape index (κ1) is 21.4. The van der Waals surface area contributed by atoms with Crippen LogP contribution in [0.5, 0.6) is 0 Å². The van der Waals surface area contributed by atoms with Crippen molar-refractivity contribution in [1.82, 2.24) is 10.6 Å². The number of hydrogen-bond acceptors (Lipinski definition) is 5. The number of nitrogens with one attached hydrogen (secondary N) is 2. The predicted octanol–water partition coefficient (Wildman–Crippen LogP) is 1.03. The summed E-state index contributed by atoms with van der Waals surface area (Å²) in [4.78, 5) is 45.1. The zero-order chi connectivity index (χ0) is 17.8. The van der Waals surface area contributed by atoms with Crippen molar-refractivity contribution in [2.24, 2.45) is 11.8 Å². The number of thioether (sulfide) groups is 1. The van der Waals surface area contributed by atoms with Gasteiger partial charge in [0, 0.05) is 31.6 Å². The van der Waals surface area contributed by atoms with Crippen LogP contribution < -0.4 is 10.6 Å². The second-order valence-electron chi connectivity index (χ2n) is 5.69. The molecule has 8 heteroatoms. The fourth-order valence-corrected chi connectivity index (χ4v) is 2.60. The average molecular weight is 346 g/mol. The maximum Gasteiger partial charge on any atom is 0.303 e. The molecule has 0 aliphatic rings. The molecule has 0 rings (SSSR count). The predicted molar refractivity (Wildman–Crippen MR) is 89.0 cm³/mol. The smallest absolute Gasteiger partial charge is 0.303 e. The van der Waals surface area contributed by atoms with E-state index in [1.54, 1.807) is 0 Å². The summed E-state index contributed by atoms with van der Waals surface area (Å²) in [5.74, 6) is -1.11. The molecule has 0 saturated heterocycles. The molecule has 0 aromatic heterocycles. The lowest BCUT2D eigenvalue weighted by Gasteiger charge is -2.17. The van der Waals surface area contributed by atoms with E-state index in [0.717, 1.165) is 11.8 Å². The number of carboxylic acid groups (broad SMARTS) is 1. The molecule has 7 nitrogen and oxygen atoms in total. The maximum absolute atomic E-state index is 12.1. The van der Waals surface area contributed by atoms with Crippen molar-refractivity contribution in [3.05, 3.63) is 0 Å². The summed E-state index contributed by atoms with van der Waals surface area (Å²) in [6.45, 7) is 5.56. The fraction of sp³-hybridized carbons (Fsp3) is 0.733. The summed E-state index contributed by atoms with van der Waals surface area (Å²) < 4.78 is 0. The highest BCUT2D eigenvalue weighted by Gasteiger charge is 2.21. The van der Waals surface area contributed by atoms with Crippen LogP contribution in [0.15, 0.2) is 0 Å². The van der Waals surface area contributed by atoms with Crippen LogP contribution in [0, 0.1) is 11.8 Å². The van der Waals surface area contributed by atoms with Gasteiger partial charge >= 0.3 is 5.97 Å². The quantitative estimate of drug-likeness (QED) is 0.482. The van der Waals surface area contributed by atoms with Gasteiger partial charge in [-0.2, -0.15) is 0 Å². The summed E-state index contributed by atoms with van der Waals surface area (Å²) in [7, 11) is 0. The SMILES string of the molecule is CC(=O)SCC(CC(C)C)C(=O)NCC(=O)NCCCC(=O)O. The number of carbonyl (C=O) groups excluding carboxylic acids is 3. The minimum atomic E-state index is -0.910. The second-order valence-corrected chi connectivity index (χ2v) is 6.89. The first-order chi connectivity index (χ1) is 10.7. The highest BCUT2D eigenvalue weighted by molar-refractivity contribution is 8.13. The Balaban J connectivity index is 4.15.